The van der Waals surface area contributed by atoms with Crippen LogP contribution >= 0.6 is 0 Å². The molecule has 0 bridgehead atoms. The van der Waals surface area contributed by atoms with Crippen LogP contribution in [0.4, 0.5) is 0 Å². The van der Waals surface area contributed by atoms with Gasteiger partial charge in [0.1, 0.15) is 11.6 Å². The lowest BCUT2D eigenvalue weighted by molar-refractivity contribution is -0.137. The molecule has 5 heteroatoms. The minimum atomic E-state index is -2.52. The number of carboxylic acid groups (broad SMARTS) is 1. The van der Waals surface area contributed by atoms with Crippen LogP contribution < -0.4 is 0 Å². The van der Waals surface area contributed by atoms with Crippen molar-refractivity contribution < 1.29 is 30.1 Å². The minimum absolute atomic E-state index is 0.0421. The second-order valence-electron chi connectivity index (χ2n) is 6.64. The Kier molecular flexibility index (Phi) is 7.78. The number of rotatable bonds is 14. The molecular formula is C20H34O5. The van der Waals surface area contributed by atoms with Gasteiger partial charge in [0, 0.05) is 35.7 Å². The van der Waals surface area contributed by atoms with Crippen LogP contribution in [0.3, 0.4) is 0 Å². The van der Waals surface area contributed by atoms with Crippen molar-refractivity contribution in [2.45, 2.75) is 96.5 Å². The quantitative estimate of drug-likeness (QED) is 0.457. The Labute approximate surface area is 156 Å². The summed E-state index contributed by atoms with van der Waals surface area (Å²) < 4.78 is 33.5. The molecule has 1 saturated carbocycles. The van der Waals surface area contributed by atoms with E-state index in [9.17, 15) is 19.5 Å². The summed E-state index contributed by atoms with van der Waals surface area (Å²) in [6.07, 6.45) is -0.482. The van der Waals surface area contributed by atoms with E-state index < -0.39 is 54.6 Å². The number of aliphatic carboxylic acids is 1. The van der Waals surface area contributed by atoms with Crippen LogP contribution in [-0.4, -0.2) is 33.8 Å². The summed E-state index contributed by atoms with van der Waals surface area (Å²) in [6, 6.07) is 0. The van der Waals surface area contributed by atoms with Crippen molar-refractivity contribution in [3.05, 3.63) is 0 Å². The highest BCUT2D eigenvalue weighted by Gasteiger charge is 2.40. The predicted octanol–water partition coefficient (Wildman–Crippen LogP) is 3.91. The molecule has 0 saturated heterocycles. The fourth-order valence-corrected chi connectivity index (χ4v) is 3.04. The zero-order valence-corrected chi connectivity index (χ0v) is 15.2. The van der Waals surface area contributed by atoms with Crippen LogP contribution in [0.15, 0.2) is 0 Å². The molecule has 144 valence electrons. The Balaban J connectivity index is 2.81. The van der Waals surface area contributed by atoms with E-state index in [-0.39, 0.29) is 19.3 Å². The van der Waals surface area contributed by atoms with Crippen molar-refractivity contribution in [2.24, 2.45) is 11.8 Å². The fraction of sp³-hybridized carbons (Fsp3) is 0.850. The Morgan fingerprint density at radius 2 is 1.80 bits per heavy atom. The molecule has 0 spiro atoms. The van der Waals surface area contributed by atoms with Gasteiger partial charge in [0.15, 0.2) is 0 Å². The lowest BCUT2D eigenvalue weighted by atomic mass is 9.85. The van der Waals surface area contributed by atoms with Gasteiger partial charge in [-0.25, -0.2) is 0 Å². The average Bonchev–Trinajstić information content (AvgIpc) is 2.75. The predicted molar refractivity (Wildman–Crippen MR) is 96.3 cm³/mol. The molecule has 1 rings (SSSR count). The third kappa shape index (κ3) is 8.61. The van der Waals surface area contributed by atoms with Gasteiger partial charge in [-0.1, -0.05) is 39.0 Å². The first kappa shape index (κ1) is 16.0. The van der Waals surface area contributed by atoms with Gasteiger partial charge in [-0.15, -0.1) is 0 Å². The molecule has 0 aromatic rings. The molecule has 1 aliphatic carbocycles. The van der Waals surface area contributed by atoms with Crippen LogP contribution in [-0.2, 0) is 14.4 Å². The first-order valence-electron chi connectivity index (χ1n) is 11.4. The summed E-state index contributed by atoms with van der Waals surface area (Å²) in [5.74, 6) is -6.30. The molecule has 0 heterocycles. The van der Waals surface area contributed by atoms with Crippen molar-refractivity contribution in [1.82, 2.24) is 0 Å². The van der Waals surface area contributed by atoms with E-state index >= 15 is 0 Å². The SMILES string of the molecule is [3H]C(C[C@]1([3H])[C@@]([3H])(CCCCCCC(=O)O)C(=O)C[C@@]1([3H])O)C(=O)CCCCC. The Morgan fingerprint density at radius 1 is 1.12 bits per heavy atom. The molecule has 4 atom stereocenters. The number of carbonyl (C=O) groups is 3. The zero-order chi connectivity index (χ0) is 22.3. The molecule has 0 aromatic carbocycles. The van der Waals surface area contributed by atoms with Gasteiger partial charge in [-0.3, -0.25) is 14.4 Å². The van der Waals surface area contributed by atoms with Crippen molar-refractivity contribution in [3.8, 4) is 0 Å². The van der Waals surface area contributed by atoms with Gasteiger partial charge < -0.3 is 10.2 Å². The zero-order valence-electron chi connectivity index (χ0n) is 19.2. The van der Waals surface area contributed by atoms with Crippen molar-refractivity contribution in [2.75, 3.05) is 0 Å². The second-order valence-corrected chi connectivity index (χ2v) is 6.64. The van der Waals surface area contributed by atoms with Gasteiger partial charge in [-0.05, 0) is 31.6 Å². The van der Waals surface area contributed by atoms with Crippen molar-refractivity contribution in [1.29, 1.82) is 0 Å². The number of aliphatic hydroxyl groups is 1. The third-order valence-electron chi connectivity index (χ3n) is 4.51. The third-order valence-corrected chi connectivity index (χ3v) is 4.51. The number of unbranched alkanes of at least 4 members (excludes halogenated alkanes) is 5. The number of carbonyl (C=O) groups excluding carboxylic acids is 2. The molecular weight excluding hydrogens is 320 g/mol. The molecule has 0 amide bonds. The van der Waals surface area contributed by atoms with Gasteiger partial charge >= 0.3 is 5.97 Å². The smallest absolute Gasteiger partial charge is 0.303 e. The molecule has 1 unspecified atom stereocenters. The van der Waals surface area contributed by atoms with E-state index in [1.807, 2.05) is 6.92 Å². The average molecular weight is 363 g/mol. The van der Waals surface area contributed by atoms with Gasteiger partial charge in [0.2, 0.25) is 0 Å². The summed E-state index contributed by atoms with van der Waals surface area (Å²) in [7, 11) is 0. The summed E-state index contributed by atoms with van der Waals surface area (Å²) in [5, 5.41) is 19.1. The van der Waals surface area contributed by atoms with Crippen LogP contribution in [0.25, 0.3) is 0 Å². The van der Waals surface area contributed by atoms with E-state index in [4.69, 9.17) is 10.6 Å². The fourth-order valence-electron chi connectivity index (χ4n) is 3.04. The maximum atomic E-state index is 12.5. The summed E-state index contributed by atoms with van der Waals surface area (Å²) in [6.45, 7) is 1.99. The number of Topliss-reactive ketones (excluding diaryl/α,β-unsaturated/α-hetero) is 2. The van der Waals surface area contributed by atoms with E-state index in [1.54, 1.807) is 0 Å². The van der Waals surface area contributed by atoms with Crippen LogP contribution in [0.2, 0.25) is 0 Å². The highest BCUT2D eigenvalue weighted by Crippen LogP contribution is 2.36. The lowest BCUT2D eigenvalue weighted by Crippen LogP contribution is -2.21. The van der Waals surface area contributed by atoms with Gasteiger partial charge in [0.25, 0.3) is 0 Å². The monoisotopic (exact) mass is 362 g/mol. The maximum Gasteiger partial charge on any atom is 0.303 e. The topological polar surface area (TPSA) is 91.7 Å². The lowest BCUT2D eigenvalue weighted by Gasteiger charge is -2.20. The number of ketones is 2. The van der Waals surface area contributed by atoms with Crippen LogP contribution in [0.1, 0.15) is 95.9 Å². The molecule has 0 aliphatic heterocycles. The minimum Gasteiger partial charge on any atom is -0.481 e. The van der Waals surface area contributed by atoms with Crippen LogP contribution in [0.5, 0.6) is 0 Å². The molecule has 0 aromatic heterocycles. The molecule has 0 radical (unpaired) electrons. The molecule has 25 heavy (non-hydrogen) atoms. The number of carboxylic acids is 1. The first-order valence-corrected chi connectivity index (χ1v) is 9.33. The molecule has 1 fully saturated rings. The van der Waals surface area contributed by atoms with Crippen molar-refractivity contribution in [3.63, 3.8) is 0 Å². The second kappa shape index (κ2) is 12.2. The number of hydrogen-bond donors (Lipinski definition) is 2. The number of hydrogen-bond acceptors (Lipinski definition) is 4. The highest BCUT2D eigenvalue weighted by atomic mass is 16.4. The molecule has 2 N–H and O–H groups in total. The molecule has 1 aliphatic rings. The van der Waals surface area contributed by atoms with Crippen LogP contribution in [0, 0.1) is 11.8 Å². The Morgan fingerprint density at radius 3 is 2.48 bits per heavy atom. The standard InChI is InChI=1S/C20H34O5/c1-2-3-6-9-15(21)12-13-17-16(18(22)14-19(17)23)10-7-4-5-8-11-20(24)25/h16-17,19,23H,2-14H2,1H3,(H,24,25)/t16-,17-,19-/m1/s1/i12T,16T,17T,19T/t12?,16-,17-,19-. The first-order chi connectivity index (χ1) is 13.4. The largest absolute Gasteiger partial charge is 0.481 e. The highest BCUT2D eigenvalue weighted by molar-refractivity contribution is 5.84. The van der Waals surface area contributed by atoms with E-state index in [1.165, 1.54) is 0 Å². The summed E-state index contributed by atoms with van der Waals surface area (Å²) in [4.78, 5) is 35.3. The van der Waals surface area contributed by atoms with E-state index in [0.29, 0.717) is 32.1 Å². The van der Waals surface area contributed by atoms with Crippen molar-refractivity contribution >= 4 is 17.5 Å². The molecule has 5 nitrogen and oxygen atoms in total. The summed E-state index contributed by atoms with van der Waals surface area (Å²) >= 11 is 0. The Hall–Kier alpha value is -1.23. The Bertz CT molecular complexity index is 597. The van der Waals surface area contributed by atoms with Gasteiger partial charge in [-0.2, -0.15) is 0 Å². The summed E-state index contributed by atoms with van der Waals surface area (Å²) in [5.41, 5.74) is 0. The van der Waals surface area contributed by atoms with E-state index in [0.717, 1.165) is 12.8 Å². The van der Waals surface area contributed by atoms with E-state index in [2.05, 4.69) is 0 Å². The normalized spacial score (nSPS) is 35.5. The van der Waals surface area contributed by atoms with Gasteiger partial charge in [0.05, 0.1) is 7.45 Å². The maximum absolute atomic E-state index is 12.5.